The Balaban J connectivity index is 2.26. The lowest BCUT2D eigenvalue weighted by Gasteiger charge is -2.35. The van der Waals surface area contributed by atoms with Gasteiger partial charge in [0, 0.05) is 13.1 Å². The molecule has 1 aromatic rings. The largest absolute Gasteiger partial charge is 0.464 e. The van der Waals surface area contributed by atoms with E-state index in [1.54, 1.807) is 12.1 Å². The maximum absolute atomic E-state index is 11.5. The standard InChI is InChI=1S/C13H19N3O3/c1-8-7-16(6-5-11(8)17)12-9(14)3-4-10(15-12)13(18)19-2/h3-4,8,11,17H,5-7,14H2,1-2H3. The number of nitrogens with zero attached hydrogens (tertiary/aromatic N) is 2. The number of hydrogen-bond donors (Lipinski definition) is 2. The van der Waals surface area contributed by atoms with Crippen molar-refractivity contribution < 1.29 is 14.6 Å². The van der Waals surface area contributed by atoms with Gasteiger partial charge in [0.05, 0.1) is 18.9 Å². The summed E-state index contributed by atoms with van der Waals surface area (Å²) in [5.74, 6) is 0.254. The van der Waals surface area contributed by atoms with E-state index in [9.17, 15) is 9.90 Å². The first-order valence-electron chi connectivity index (χ1n) is 6.30. The van der Waals surface area contributed by atoms with E-state index >= 15 is 0 Å². The van der Waals surface area contributed by atoms with Crippen LogP contribution in [0.1, 0.15) is 23.8 Å². The van der Waals surface area contributed by atoms with Gasteiger partial charge in [-0.3, -0.25) is 0 Å². The highest BCUT2D eigenvalue weighted by molar-refractivity contribution is 5.88. The second-order valence-electron chi connectivity index (χ2n) is 4.88. The number of aliphatic hydroxyl groups is 1. The zero-order valence-corrected chi connectivity index (χ0v) is 11.2. The van der Waals surface area contributed by atoms with Crippen molar-refractivity contribution in [2.45, 2.75) is 19.4 Å². The maximum atomic E-state index is 11.5. The number of piperidine rings is 1. The Morgan fingerprint density at radius 1 is 1.58 bits per heavy atom. The van der Waals surface area contributed by atoms with Crippen molar-refractivity contribution in [1.82, 2.24) is 4.98 Å². The van der Waals surface area contributed by atoms with Crippen molar-refractivity contribution in [3.05, 3.63) is 17.8 Å². The van der Waals surface area contributed by atoms with E-state index in [1.165, 1.54) is 7.11 Å². The number of pyridine rings is 1. The van der Waals surface area contributed by atoms with Gasteiger partial charge in [-0.05, 0) is 24.5 Å². The van der Waals surface area contributed by atoms with E-state index in [4.69, 9.17) is 5.73 Å². The highest BCUT2D eigenvalue weighted by Crippen LogP contribution is 2.26. The van der Waals surface area contributed by atoms with Crippen LogP contribution in [0.4, 0.5) is 11.5 Å². The average molecular weight is 265 g/mol. The Bertz CT molecular complexity index is 478. The second-order valence-corrected chi connectivity index (χ2v) is 4.88. The number of methoxy groups -OCH3 is 1. The molecule has 1 saturated heterocycles. The fourth-order valence-electron chi connectivity index (χ4n) is 2.26. The summed E-state index contributed by atoms with van der Waals surface area (Å²) in [5.41, 5.74) is 6.69. The number of aromatic nitrogens is 1. The number of carbonyl (C=O) groups excluding carboxylic acids is 1. The minimum Gasteiger partial charge on any atom is -0.464 e. The van der Waals surface area contributed by atoms with Crippen LogP contribution in [0, 0.1) is 5.92 Å². The normalized spacial score (nSPS) is 23.2. The van der Waals surface area contributed by atoms with Crippen LogP contribution in [0.15, 0.2) is 12.1 Å². The van der Waals surface area contributed by atoms with Crippen molar-refractivity contribution in [1.29, 1.82) is 0 Å². The van der Waals surface area contributed by atoms with Crippen LogP contribution in [-0.4, -0.2) is 42.4 Å². The Kier molecular flexibility index (Phi) is 3.90. The van der Waals surface area contributed by atoms with Crippen molar-refractivity contribution in [2.24, 2.45) is 5.92 Å². The molecule has 0 radical (unpaired) electrons. The van der Waals surface area contributed by atoms with Crippen molar-refractivity contribution in [3.8, 4) is 0 Å². The van der Waals surface area contributed by atoms with Crippen molar-refractivity contribution in [2.75, 3.05) is 30.8 Å². The van der Waals surface area contributed by atoms with Crippen LogP contribution in [0.2, 0.25) is 0 Å². The van der Waals surface area contributed by atoms with Crippen LogP contribution in [0.3, 0.4) is 0 Å². The number of aliphatic hydroxyl groups excluding tert-OH is 1. The molecule has 2 heterocycles. The Hall–Kier alpha value is -1.82. The summed E-state index contributed by atoms with van der Waals surface area (Å²) in [6, 6.07) is 3.21. The van der Waals surface area contributed by atoms with E-state index in [1.807, 2.05) is 11.8 Å². The number of hydrogen-bond acceptors (Lipinski definition) is 6. The summed E-state index contributed by atoms with van der Waals surface area (Å²) in [5, 5.41) is 9.74. The van der Waals surface area contributed by atoms with E-state index in [0.717, 1.165) is 0 Å². The lowest BCUT2D eigenvalue weighted by atomic mass is 9.97. The molecule has 6 heteroatoms. The number of rotatable bonds is 2. The molecule has 0 amide bonds. The number of ether oxygens (including phenoxy) is 1. The van der Waals surface area contributed by atoms with E-state index in [-0.39, 0.29) is 17.7 Å². The highest BCUT2D eigenvalue weighted by Gasteiger charge is 2.26. The van der Waals surface area contributed by atoms with Gasteiger partial charge < -0.3 is 20.5 Å². The number of anilines is 2. The van der Waals surface area contributed by atoms with Gasteiger partial charge in [0.25, 0.3) is 0 Å². The quantitative estimate of drug-likeness (QED) is 0.764. The zero-order chi connectivity index (χ0) is 14.0. The lowest BCUT2D eigenvalue weighted by molar-refractivity contribution is 0.0594. The lowest BCUT2D eigenvalue weighted by Crippen LogP contribution is -2.42. The molecular weight excluding hydrogens is 246 g/mol. The molecule has 0 saturated carbocycles. The molecule has 104 valence electrons. The monoisotopic (exact) mass is 265 g/mol. The molecule has 1 aliphatic rings. The minimum absolute atomic E-state index is 0.150. The topological polar surface area (TPSA) is 88.7 Å². The fourth-order valence-corrected chi connectivity index (χ4v) is 2.26. The van der Waals surface area contributed by atoms with Gasteiger partial charge in [0.2, 0.25) is 0 Å². The number of nitrogen functional groups attached to an aromatic ring is 1. The van der Waals surface area contributed by atoms with Gasteiger partial charge in [-0.25, -0.2) is 9.78 Å². The van der Waals surface area contributed by atoms with E-state index < -0.39 is 5.97 Å². The van der Waals surface area contributed by atoms with Crippen LogP contribution in [0.5, 0.6) is 0 Å². The zero-order valence-electron chi connectivity index (χ0n) is 11.2. The number of esters is 1. The molecular formula is C13H19N3O3. The molecule has 2 unspecified atom stereocenters. The van der Waals surface area contributed by atoms with Gasteiger partial charge in [-0.1, -0.05) is 6.92 Å². The SMILES string of the molecule is COC(=O)c1ccc(N)c(N2CCC(O)C(C)C2)n1. The van der Waals surface area contributed by atoms with Gasteiger partial charge in [-0.15, -0.1) is 0 Å². The van der Waals surface area contributed by atoms with Gasteiger partial charge in [-0.2, -0.15) is 0 Å². The highest BCUT2D eigenvalue weighted by atomic mass is 16.5. The maximum Gasteiger partial charge on any atom is 0.356 e. The molecule has 0 spiro atoms. The first-order chi connectivity index (χ1) is 9.02. The predicted octanol–water partition coefficient (Wildman–Crippen LogP) is 0.658. The molecule has 0 aromatic carbocycles. The average Bonchev–Trinajstić information content (AvgIpc) is 2.41. The van der Waals surface area contributed by atoms with Gasteiger partial charge in [0.15, 0.2) is 11.5 Å². The molecule has 19 heavy (non-hydrogen) atoms. The van der Waals surface area contributed by atoms with Crippen LogP contribution in [-0.2, 0) is 4.74 Å². The number of nitrogens with two attached hydrogens (primary N) is 1. The van der Waals surface area contributed by atoms with Crippen LogP contribution >= 0.6 is 0 Å². The summed E-state index contributed by atoms with van der Waals surface area (Å²) in [7, 11) is 1.32. The molecule has 2 atom stereocenters. The third-order valence-electron chi connectivity index (χ3n) is 3.46. The summed E-state index contributed by atoms with van der Waals surface area (Å²) >= 11 is 0. The molecule has 0 bridgehead atoms. The molecule has 0 aliphatic carbocycles. The Morgan fingerprint density at radius 2 is 2.32 bits per heavy atom. The molecule has 2 rings (SSSR count). The number of carbonyl (C=O) groups is 1. The van der Waals surface area contributed by atoms with Crippen molar-refractivity contribution in [3.63, 3.8) is 0 Å². The van der Waals surface area contributed by atoms with Crippen molar-refractivity contribution >= 4 is 17.5 Å². The Labute approximate surface area is 112 Å². The third kappa shape index (κ3) is 2.78. The van der Waals surface area contributed by atoms with Crippen LogP contribution in [0.25, 0.3) is 0 Å². The van der Waals surface area contributed by atoms with Crippen LogP contribution < -0.4 is 10.6 Å². The summed E-state index contributed by atoms with van der Waals surface area (Å²) in [6.07, 6.45) is 0.381. The molecule has 3 N–H and O–H groups in total. The second kappa shape index (κ2) is 5.44. The van der Waals surface area contributed by atoms with Gasteiger partial charge in [0.1, 0.15) is 0 Å². The fraction of sp³-hybridized carbons (Fsp3) is 0.538. The summed E-state index contributed by atoms with van der Waals surface area (Å²) in [4.78, 5) is 17.8. The van der Waals surface area contributed by atoms with E-state index in [0.29, 0.717) is 31.0 Å². The predicted molar refractivity (Wildman–Crippen MR) is 72.0 cm³/mol. The molecule has 1 fully saturated rings. The third-order valence-corrected chi connectivity index (χ3v) is 3.46. The minimum atomic E-state index is -0.480. The Morgan fingerprint density at radius 3 is 2.95 bits per heavy atom. The molecule has 1 aliphatic heterocycles. The molecule has 1 aromatic heterocycles. The molecule has 6 nitrogen and oxygen atoms in total. The smallest absolute Gasteiger partial charge is 0.356 e. The first kappa shape index (κ1) is 13.6. The van der Waals surface area contributed by atoms with Gasteiger partial charge >= 0.3 is 5.97 Å². The first-order valence-corrected chi connectivity index (χ1v) is 6.30. The summed E-state index contributed by atoms with van der Waals surface area (Å²) in [6.45, 7) is 3.33. The van der Waals surface area contributed by atoms with E-state index in [2.05, 4.69) is 9.72 Å². The summed E-state index contributed by atoms with van der Waals surface area (Å²) < 4.78 is 4.66.